The molecule has 0 saturated carbocycles. The average molecular weight is 515 g/mol. The van der Waals surface area contributed by atoms with Crippen molar-refractivity contribution in [3.05, 3.63) is 0 Å². The molecule has 0 aromatic rings. The van der Waals surface area contributed by atoms with Crippen molar-refractivity contribution >= 4 is 68.7 Å². The molecule has 0 heterocycles. The van der Waals surface area contributed by atoms with Crippen molar-refractivity contribution in [2.45, 2.75) is 25.9 Å². The number of hydrogen-bond acceptors (Lipinski definition) is 11. The molecular formula is C14H34O6S5Si2. The molecule has 0 fully saturated rings. The zero-order valence-corrected chi connectivity index (χ0v) is 23.6. The molecule has 0 aliphatic carbocycles. The summed E-state index contributed by atoms with van der Waals surface area (Å²) in [5.41, 5.74) is 0. The van der Waals surface area contributed by atoms with Crippen molar-refractivity contribution in [2.75, 3.05) is 54.2 Å². The Bertz CT molecular complexity index is 318. The normalized spacial score (nSPS) is 15.1. The van der Waals surface area contributed by atoms with E-state index in [-0.39, 0.29) is 0 Å². The van der Waals surface area contributed by atoms with Crippen LogP contribution in [0.2, 0.25) is 12.1 Å². The Balaban J connectivity index is 3.86. The van der Waals surface area contributed by atoms with Crippen molar-refractivity contribution in [3.63, 3.8) is 0 Å². The van der Waals surface area contributed by atoms with Crippen LogP contribution in [0.4, 0.5) is 0 Å². The lowest BCUT2D eigenvalue weighted by molar-refractivity contribution is 0.119. The summed E-state index contributed by atoms with van der Waals surface area (Å²) in [5.74, 6) is 3.02. The lowest BCUT2D eigenvalue weighted by Gasteiger charge is -2.27. The summed E-state index contributed by atoms with van der Waals surface area (Å²) < 4.78 is 32.9. The highest BCUT2D eigenvalue weighted by atomic mass is 33.8. The zero-order chi connectivity index (χ0) is 20.8. The highest BCUT2D eigenvalue weighted by Crippen LogP contribution is 2.49. The van der Waals surface area contributed by atoms with Gasteiger partial charge in [0.2, 0.25) is 0 Å². The van der Waals surface area contributed by atoms with Crippen LogP contribution in [0.3, 0.4) is 0 Å². The van der Waals surface area contributed by atoms with Crippen molar-refractivity contribution in [2.24, 2.45) is 11.8 Å². The van der Waals surface area contributed by atoms with E-state index in [1.54, 1.807) is 52.5 Å². The van der Waals surface area contributed by atoms with E-state index in [1.807, 2.05) is 41.2 Å². The first kappa shape index (κ1) is 28.9. The average Bonchev–Trinajstić information content (AvgIpc) is 2.69. The maximum Gasteiger partial charge on any atom is 0.500 e. The van der Waals surface area contributed by atoms with Gasteiger partial charge in [-0.25, -0.2) is 0 Å². The first-order chi connectivity index (χ1) is 12.9. The van der Waals surface area contributed by atoms with Gasteiger partial charge in [-0.05, 0) is 41.3 Å². The third-order valence-corrected chi connectivity index (χ3v) is 19.2. The summed E-state index contributed by atoms with van der Waals surface area (Å²) in [4.78, 5) is 0. The van der Waals surface area contributed by atoms with Gasteiger partial charge in [-0.3, -0.25) is 0 Å². The molecule has 27 heavy (non-hydrogen) atoms. The standard InChI is InChI=1S/C14H34O6S5Si2/c1-13(11-26(15-3,16-4)17-5)9-21-23-25-24-22-10-14(2)12-27(18-6,19-7)20-8/h13-14H,9-12H2,1-8H3. The van der Waals surface area contributed by atoms with Crippen LogP contribution in [-0.4, -0.2) is 71.8 Å². The lowest BCUT2D eigenvalue weighted by atomic mass is 10.3. The highest BCUT2D eigenvalue weighted by Gasteiger charge is 2.40. The molecule has 0 aromatic carbocycles. The Morgan fingerprint density at radius 3 is 1.11 bits per heavy atom. The molecule has 6 nitrogen and oxygen atoms in total. The molecule has 0 radical (unpaired) electrons. The Hall–Kier alpha value is 1.94. The van der Waals surface area contributed by atoms with Gasteiger partial charge in [0.15, 0.2) is 0 Å². The van der Waals surface area contributed by atoms with Crippen LogP contribution in [0.15, 0.2) is 0 Å². The Morgan fingerprint density at radius 2 is 0.852 bits per heavy atom. The van der Waals surface area contributed by atoms with E-state index in [0.717, 1.165) is 23.6 Å². The minimum absolute atomic E-state index is 0.475. The second-order valence-electron chi connectivity index (χ2n) is 5.98. The molecular weight excluding hydrogens is 481 g/mol. The van der Waals surface area contributed by atoms with Gasteiger partial charge in [0.1, 0.15) is 0 Å². The molecule has 13 heteroatoms. The van der Waals surface area contributed by atoms with Crippen LogP contribution in [0.1, 0.15) is 13.8 Å². The van der Waals surface area contributed by atoms with Gasteiger partial charge in [-0.15, -0.1) is 0 Å². The fourth-order valence-electron chi connectivity index (χ4n) is 2.31. The zero-order valence-electron chi connectivity index (χ0n) is 17.5. The Morgan fingerprint density at radius 1 is 0.556 bits per heavy atom. The molecule has 0 amide bonds. The van der Waals surface area contributed by atoms with Gasteiger partial charge in [0.25, 0.3) is 0 Å². The van der Waals surface area contributed by atoms with Gasteiger partial charge >= 0.3 is 17.6 Å². The van der Waals surface area contributed by atoms with E-state index >= 15 is 0 Å². The SMILES string of the molecule is CO[Si](CC(C)CSSSSSCC(C)C[Si](OC)(OC)OC)(OC)OC. The maximum atomic E-state index is 5.49. The van der Waals surface area contributed by atoms with Gasteiger partial charge in [0.05, 0.1) is 0 Å². The van der Waals surface area contributed by atoms with Crippen molar-refractivity contribution < 1.29 is 26.6 Å². The fraction of sp³-hybridized carbons (Fsp3) is 1.00. The van der Waals surface area contributed by atoms with Gasteiger partial charge < -0.3 is 26.6 Å². The van der Waals surface area contributed by atoms with Gasteiger partial charge in [0, 0.05) is 66.3 Å². The number of hydrogen-bond donors (Lipinski definition) is 0. The van der Waals surface area contributed by atoms with E-state index in [4.69, 9.17) is 26.6 Å². The molecule has 2 atom stereocenters. The fourth-order valence-corrected chi connectivity index (χ4v) is 16.1. The van der Waals surface area contributed by atoms with Crippen LogP contribution < -0.4 is 0 Å². The summed E-state index contributed by atoms with van der Waals surface area (Å²) in [6, 6.07) is 1.66. The summed E-state index contributed by atoms with van der Waals surface area (Å²) in [5, 5.41) is 0. The van der Waals surface area contributed by atoms with Crippen molar-refractivity contribution in [1.82, 2.24) is 0 Å². The van der Waals surface area contributed by atoms with Crippen LogP contribution >= 0.6 is 51.1 Å². The minimum atomic E-state index is -2.47. The smallest absolute Gasteiger partial charge is 0.377 e. The summed E-state index contributed by atoms with van der Waals surface area (Å²) >= 11 is 0. The van der Waals surface area contributed by atoms with Crippen molar-refractivity contribution in [3.8, 4) is 0 Å². The predicted molar refractivity (Wildman–Crippen MR) is 129 cm³/mol. The monoisotopic (exact) mass is 514 g/mol. The van der Waals surface area contributed by atoms with E-state index in [1.165, 1.54) is 0 Å². The quantitative estimate of drug-likeness (QED) is 0.135. The first-order valence-corrected chi connectivity index (χ1v) is 18.8. The van der Waals surface area contributed by atoms with Gasteiger partial charge in [-0.2, -0.15) is 0 Å². The van der Waals surface area contributed by atoms with Crippen LogP contribution in [0.25, 0.3) is 0 Å². The first-order valence-electron chi connectivity index (χ1n) is 8.41. The van der Waals surface area contributed by atoms with E-state index < -0.39 is 17.6 Å². The van der Waals surface area contributed by atoms with E-state index in [2.05, 4.69) is 13.8 Å². The summed E-state index contributed by atoms with van der Waals surface area (Å²) in [7, 11) is 14.2. The molecule has 0 saturated heterocycles. The second-order valence-corrected chi connectivity index (χ2v) is 19.8. The third kappa shape index (κ3) is 11.8. The van der Waals surface area contributed by atoms with Crippen LogP contribution in [0, 0.1) is 11.8 Å². The Labute approximate surface area is 186 Å². The minimum Gasteiger partial charge on any atom is -0.377 e. The molecule has 0 rings (SSSR count). The number of rotatable bonds is 18. The molecule has 0 aliphatic heterocycles. The molecule has 164 valence electrons. The molecule has 0 spiro atoms. The lowest BCUT2D eigenvalue weighted by Crippen LogP contribution is -2.44. The second kappa shape index (κ2) is 16.6. The predicted octanol–water partition coefficient (Wildman–Crippen LogP) is 5.34. The summed E-state index contributed by atoms with van der Waals surface area (Å²) in [6.07, 6.45) is 0. The molecule has 0 aromatic heterocycles. The van der Waals surface area contributed by atoms with Crippen LogP contribution in [-0.2, 0) is 26.6 Å². The molecule has 0 N–H and O–H groups in total. The largest absolute Gasteiger partial charge is 0.500 e. The molecule has 0 bridgehead atoms. The van der Waals surface area contributed by atoms with Crippen LogP contribution in [0.5, 0.6) is 0 Å². The molecule has 0 aliphatic rings. The van der Waals surface area contributed by atoms with Gasteiger partial charge in [-0.1, -0.05) is 35.4 Å². The summed E-state index contributed by atoms with van der Waals surface area (Å²) in [6.45, 7) is 4.41. The van der Waals surface area contributed by atoms with E-state index in [9.17, 15) is 0 Å². The third-order valence-electron chi connectivity index (χ3n) is 3.92. The molecule has 2 unspecified atom stereocenters. The van der Waals surface area contributed by atoms with Crippen molar-refractivity contribution in [1.29, 1.82) is 0 Å². The Kier molecular flexibility index (Phi) is 17.8. The maximum absolute atomic E-state index is 5.49. The highest BCUT2D eigenvalue weighted by molar-refractivity contribution is 9.35. The topological polar surface area (TPSA) is 55.4 Å². The van der Waals surface area contributed by atoms with E-state index in [0.29, 0.717) is 11.8 Å².